The zero-order valence-corrected chi connectivity index (χ0v) is 85.4. The Labute approximate surface area is 849 Å². The minimum Gasteiger partial charge on any atom is -0.463 e. The number of aliphatic hydroxyl groups excluding tert-OH is 24. The van der Waals surface area contributed by atoms with Crippen LogP contribution in [0.4, 0.5) is 0 Å². The lowest BCUT2D eigenvalue weighted by atomic mass is 9.98. The standard InChI is InChI=1S/C102H186O42/c1-61(106)40-28-25-37-46-64(133-97-91(124)85(118)79(112)70(55-103)139-97)43-31-19-13-7-4-10-16-23-35-50-68(137-101-93(126)87(120)81(114)72(57-105)141-101)53-77(110)132-60-75-84(117)90(123)96(129)102(144-75)138-69-51-36-24-18-12-6-9-15-21-33-44-65(47-38-26-29-41-62(2)107)134-98-94(127)88(121)82(115)73(142-98)58-130-76(109)52-67(136-100-92(125)86(119)80(113)71(56-104)140-100)49-34-22-17-11-5-8-14-20-32-45-66(48-39-27-30-42-63(3)108)135-99-95(128)89(122)83(116)74(143-99)59-131-78(111)54-69/h61-75,79-108,112-129H,4-60H2,1-3H3/t61-,62-,63-,64+,65+,66+,67-,68-,69-,70-,71-,72-,73-,74-,75-,79-,80-,81-,82+,83+,84-,85+,86+,87+,88+,89+,90+,91-,92-,93-,94-,95-,96-,97-,98-,99-,100-,101-,102-/m1/s1. The second-order valence-electron chi connectivity index (χ2n) is 41.6. The molecular formula is C102H186O42. The minimum absolute atomic E-state index is 0.143. The molecule has 0 aromatic rings. The molecule has 846 valence electrons. The molecule has 7 fully saturated rings. The van der Waals surface area contributed by atoms with Crippen LogP contribution in [0.3, 0.4) is 0 Å². The maximum absolute atomic E-state index is 14.2. The first-order valence-corrected chi connectivity index (χ1v) is 54.5. The molecule has 39 atom stereocenters. The van der Waals surface area contributed by atoms with Gasteiger partial charge in [-0.25, -0.2) is 0 Å². The molecule has 42 nitrogen and oxygen atoms in total. The van der Waals surface area contributed by atoms with Crippen molar-refractivity contribution in [3.63, 3.8) is 0 Å². The summed E-state index contributed by atoms with van der Waals surface area (Å²) in [6.07, 6.45) is -22.2. The molecule has 0 saturated carbocycles. The predicted octanol–water partition coefficient (Wildman–Crippen LogP) is 2.80. The highest BCUT2D eigenvalue weighted by atomic mass is 16.8. The summed E-state index contributed by atoms with van der Waals surface area (Å²) in [5.74, 6) is -2.62. The fourth-order valence-corrected chi connectivity index (χ4v) is 19.8. The molecule has 7 saturated heterocycles. The molecule has 4 bridgehead atoms. The van der Waals surface area contributed by atoms with E-state index in [-0.39, 0.29) is 25.4 Å². The first kappa shape index (κ1) is 128. The van der Waals surface area contributed by atoms with Crippen molar-refractivity contribution in [2.75, 3.05) is 39.6 Å². The van der Waals surface area contributed by atoms with Crippen molar-refractivity contribution in [2.24, 2.45) is 0 Å². The van der Waals surface area contributed by atoms with E-state index in [1.807, 2.05) is 0 Å². The SMILES string of the molecule is C[C@@H](O)CCCCC[C@H](CCCCCCCCCCC[C@H](CC(=O)OC[C@H]1O[C@@H](O[C@@H]2CCCCCCCCCCC[C@@H](CCCCC[C@@H](C)O)O[C@@H]3O[C@H](COC(=O)C[C@H](O[C@@H]4O[C@H](CO)[C@@H](O)[C@H](O)[C@H]4O)CCCCCCCCCCC[C@@H](CCCCC[C@@H](C)O)O[C@@H]4O[C@H](COC(=O)C2)[C@H](O)[C@H](O)[C@H]4O)[C@H](O)[C@H](O)[C@H]3O)[C@H](O)[C@@H](O)[C@@H]1O)O[C@@H]1O[C@H](CO)[C@@H](O)[C@H](O)[C@H]1O)O[C@@H]1O[C@H](CO)[C@@H](O)[C@H](O)[C@H]1O. The normalized spacial score (nSPS) is 37.5. The van der Waals surface area contributed by atoms with Crippen LogP contribution in [0, 0.1) is 0 Å². The number of hydrogen-bond donors (Lipinski definition) is 24. The number of cyclic esters (lactones) is 2. The van der Waals surface area contributed by atoms with E-state index < -0.39 is 310 Å². The summed E-state index contributed by atoms with van der Waals surface area (Å²) in [5.41, 5.74) is 0. The van der Waals surface area contributed by atoms with Crippen molar-refractivity contribution >= 4 is 17.9 Å². The summed E-state index contributed by atoms with van der Waals surface area (Å²) in [6, 6.07) is 0. The van der Waals surface area contributed by atoms with Crippen molar-refractivity contribution in [1.29, 1.82) is 0 Å². The molecule has 7 aliphatic heterocycles. The molecule has 7 heterocycles. The first-order valence-electron chi connectivity index (χ1n) is 54.5. The van der Waals surface area contributed by atoms with Gasteiger partial charge in [0.15, 0.2) is 37.7 Å². The Bertz CT molecular complexity index is 3290. The van der Waals surface area contributed by atoms with Crippen LogP contribution in [0.25, 0.3) is 0 Å². The summed E-state index contributed by atoms with van der Waals surface area (Å²) in [5, 5.41) is 257. The first-order chi connectivity index (χ1) is 69.0. The largest absolute Gasteiger partial charge is 0.463 e. The average molecular weight is 2080 g/mol. The van der Waals surface area contributed by atoms with Gasteiger partial charge in [-0.2, -0.15) is 0 Å². The average Bonchev–Trinajstić information content (AvgIpc) is 0.813. The van der Waals surface area contributed by atoms with Gasteiger partial charge >= 0.3 is 17.9 Å². The molecule has 0 aromatic heterocycles. The van der Waals surface area contributed by atoms with E-state index in [9.17, 15) is 137 Å². The Morgan fingerprint density at radius 3 is 0.931 bits per heavy atom. The minimum atomic E-state index is -1.96. The lowest BCUT2D eigenvalue weighted by Crippen LogP contribution is -2.60. The van der Waals surface area contributed by atoms with Gasteiger partial charge in [-0.1, -0.05) is 231 Å². The van der Waals surface area contributed by atoms with Gasteiger partial charge in [0.2, 0.25) is 0 Å². The van der Waals surface area contributed by atoms with Crippen LogP contribution in [0.15, 0.2) is 0 Å². The van der Waals surface area contributed by atoms with Crippen molar-refractivity contribution in [2.45, 2.75) is 587 Å². The fraction of sp³-hybridized carbons (Fsp3) is 0.971. The molecule has 42 heteroatoms. The second-order valence-corrected chi connectivity index (χ2v) is 41.6. The molecule has 24 N–H and O–H groups in total. The number of aliphatic hydroxyl groups is 24. The second kappa shape index (κ2) is 71.1. The van der Waals surface area contributed by atoms with E-state index in [1.54, 1.807) is 20.8 Å². The third-order valence-electron chi connectivity index (χ3n) is 29.0. The smallest absolute Gasteiger partial charge is 0.308 e. The van der Waals surface area contributed by atoms with Crippen molar-refractivity contribution < 1.29 is 208 Å². The Morgan fingerprint density at radius 1 is 0.299 bits per heavy atom. The fourth-order valence-electron chi connectivity index (χ4n) is 19.8. The van der Waals surface area contributed by atoms with Gasteiger partial charge in [0, 0.05) is 0 Å². The maximum atomic E-state index is 14.2. The molecule has 0 aliphatic carbocycles. The van der Waals surface area contributed by atoms with Crippen LogP contribution in [-0.4, -0.2) is 419 Å². The van der Waals surface area contributed by atoms with Gasteiger partial charge in [0.25, 0.3) is 0 Å². The molecule has 7 rings (SSSR count). The van der Waals surface area contributed by atoms with Crippen molar-refractivity contribution in [3.05, 3.63) is 0 Å². The van der Waals surface area contributed by atoms with E-state index in [4.69, 9.17) is 71.1 Å². The van der Waals surface area contributed by atoms with Crippen molar-refractivity contribution in [3.8, 4) is 0 Å². The quantitative estimate of drug-likeness (QED) is 0.0237. The molecule has 0 radical (unpaired) electrons. The van der Waals surface area contributed by atoms with Crippen LogP contribution in [0.5, 0.6) is 0 Å². The summed E-state index contributed by atoms with van der Waals surface area (Å²) < 4.78 is 90.1. The highest BCUT2D eigenvalue weighted by Crippen LogP contribution is 2.36. The van der Waals surface area contributed by atoms with Gasteiger partial charge in [-0.15, -0.1) is 0 Å². The Kier molecular flexibility index (Phi) is 63.1. The molecule has 0 unspecified atom stereocenters. The summed E-state index contributed by atoms with van der Waals surface area (Å²) in [4.78, 5) is 42.0. The van der Waals surface area contributed by atoms with Crippen LogP contribution in [0.1, 0.15) is 348 Å². The highest BCUT2D eigenvalue weighted by molar-refractivity contribution is 5.70. The summed E-state index contributed by atoms with van der Waals surface area (Å²) in [7, 11) is 0. The Balaban J connectivity index is 0.991. The van der Waals surface area contributed by atoms with Crippen LogP contribution in [-0.2, 0) is 85.4 Å². The van der Waals surface area contributed by atoms with Crippen molar-refractivity contribution in [1.82, 2.24) is 0 Å². The third kappa shape index (κ3) is 45.9. The van der Waals surface area contributed by atoms with E-state index in [2.05, 4.69) is 0 Å². The summed E-state index contributed by atoms with van der Waals surface area (Å²) >= 11 is 0. The molecule has 7 aliphatic rings. The Morgan fingerprint density at radius 2 is 0.576 bits per heavy atom. The number of fused-ring (bicyclic) bond motifs is 4. The number of carbonyl (C=O) groups is 3. The summed E-state index contributed by atoms with van der Waals surface area (Å²) in [6.45, 7) is 1.19. The molecule has 0 amide bonds. The lowest BCUT2D eigenvalue weighted by molar-refractivity contribution is -0.315. The zero-order valence-electron chi connectivity index (χ0n) is 85.4. The topological polar surface area (TPSA) is 675 Å². The third-order valence-corrected chi connectivity index (χ3v) is 29.0. The lowest BCUT2D eigenvalue weighted by Gasteiger charge is -2.41. The Hall–Kier alpha value is -3.03. The molecular weight excluding hydrogens is 1900 g/mol. The predicted molar refractivity (Wildman–Crippen MR) is 514 cm³/mol. The van der Waals surface area contributed by atoms with E-state index in [1.165, 1.54) is 0 Å². The maximum Gasteiger partial charge on any atom is 0.308 e. The van der Waals surface area contributed by atoms with Gasteiger partial charge in [-0.05, 0) is 97.8 Å². The zero-order chi connectivity index (χ0) is 105. The van der Waals surface area contributed by atoms with E-state index in [0.717, 1.165) is 167 Å². The monoisotopic (exact) mass is 2080 g/mol. The van der Waals surface area contributed by atoms with E-state index >= 15 is 0 Å². The molecule has 0 aromatic carbocycles. The van der Waals surface area contributed by atoms with Crippen LogP contribution in [0.2, 0.25) is 0 Å². The van der Waals surface area contributed by atoms with E-state index in [0.29, 0.717) is 122 Å². The van der Waals surface area contributed by atoms with Gasteiger partial charge < -0.3 is 194 Å². The number of esters is 3. The number of ether oxygens (including phenoxy) is 15. The molecule has 144 heavy (non-hydrogen) atoms. The number of unbranched alkanes of at least 4 members (excludes halogenated alkanes) is 14. The van der Waals surface area contributed by atoms with Gasteiger partial charge in [-0.3, -0.25) is 14.4 Å². The number of hydrogen-bond acceptors (Lipinski definition) is 42. The number of rotatable bonds is 45. The van der Waals surface area contributed by atoms with Crippen LogP contribution >= 0.6 is 0 Å². The van der Waals surface area contributed by atoms with Crippen LogP contribution < -0.4 is 0 Å². The van der Waals surface area contributed by atoms with Gasteiger partial charge in [0.05, 0.1) is 94.0 Å². The number of carbonyl (C=O) groups excluding carboxylic acids is 3. The molecule has 0 spiro atoms. The highest BCUT2D eigenvalue weighted by Gasteiger charge is 2.52. The van der Waals surface area contributed by atoms with Gasteiger partial charge in [0.1, 0.15) is 166 Å².